The summed E-state index contributed by atoms with van der Waals surface area (Å²) < 4.78 is 40.4. The number of para-hydroxylation sites is 1. The van der Waals surface area contributed by atoms with Gasteiger partial charge in [-0.05, 0) is 55.8 Å². The second-order valence-corrected chi connectivity index (χ2v) is 7.34. The minimum atomic E-state index is -4.70. The van der Waals surface area contributed by atoms with Crippen LogP contribution in [0.1, 0.15) is 12.8 Å². The van der Waals surface area contributed by atoms with Gasteiger partial charge in [0.15, 0.2) is 5.96 Å². The Morgan fingerprint density at radius 1 is 0.969 bits per heavy atom. The quantitative estimate of drug-likeness (QED) is 0.214. The van der Waals surface area contributed by atoms with E-state index in [4.69, 9.17) is 5.73 Å². The number of guanidine groups is 1. The lowest BCUT2D eigenvalue weighted by molar-refractivity contribution is -0.274. The molecule has 0 amide bonds. The van der Waals surface area contributed by atoms with Crippen molar-refractivity contribution in [3.63, 3.8) is 0 Å². The van der Waals surface area contributed by atoms with Gasteiger partial charge < -0.3 is 20.7 Å². The summed E-state index contributed by atoms with van der Waals surface area (Å²) >= 11 is 0. The van der Waals surface area contributed by atoms with Crippen LogP contribution in [0.25, 0.3) is 0 Å². The van der Waals surface area contributed by atoms with Crippen LogP contribution in [0.15, 0.2) is 59.6 Å². The van der Waals surface area contributed by atoms with Gasteiger partial charge in [-0.2, -0.15) is 0 Å². The number of hydrogen-bond acceptors (Lipinski definition) is 4. The molecular weight excluding hydrogens is 534 g/mol. The Bertz CT molecular complexity index is 826. The van der Waals surface area contributed by atoms with E-state index < -0.39 is 6.36 Å². The van der Waals surface area contributed by atoms with E-state index in [-0.39, 0.29) is 35.7 Å². The fourth-order valence-corrected chi connectivity index (χ4v) is 3.44. The number of aliphatic imine (C=N–C) groups is 1. The number of halogens is 4. The average molecular weight is 563 g/mol. The van der Waals surface area contributed by atoms with Crippen LogP contribution in [0.5, 0.6) is 5.75 Å². The number of alkyl halides is 3. The summed E-state index contributed by atoms with van der Waals surface area (Å²) in [6.45, 7) is 5.80. The molecule has 0 radical (unpaired) electrons. The van der Waals surface area contributed by atoms with Crippen LogP contribution in [0.3, 0.4) is 0 Å². The number of anilines is 2. The van der Waals surface area contributed by atoms with Crippen molar-refractivity contribution in [3.05, 3.63) is 54.6 Å². The number of nitrogens with one attached hydrogen (secondary N) is 1. The van der Waals surface area contributed by atoms with Crippen LogP contribution in [0, 0.1) is 0 Å². The van der Waals surface area contributed by atoms with E-state index in [2.05, 4.69) is 49.1 Å². The van der Waals surface area contributed by atoms with Crippen LogP contribution < -0.4 is 20.7 Å². The Hall–Kier alpha value is -2.21. The number of ether oxygens (including phenoxy) is 1. The van der Waals surface area contributed by atoms with Crippen molar-refractivity contribution < 1.29 is 17.9 Å². The third-order valence-corrected chi connectivity index (χ3v) is 5.02. The number of unbranched alkanes of at least 4 members (excludes halogenated alkanes) is 1. The number of hydrogen-bond donors (Lipinski definition) is 2. The molecule has 6 nitrogen and oxygen atoms in total. The van der Waals surface area contributed by atoms with Crippen LogP contribution in [-0.4, -0.2) is 56.5 Å². The Balaban J connectivity index is 0.00000363. The fraction of sp³-hybridized carbons (Fsp3) is 0.409. The molecule has 176 valence electrons. The number of nitrogens with two attached hydrogens (primary N) is 1. The maximum absolute atomic E-state index is 12.2. The van der Waals surface area contributed by atoms with E-state index in [0.717, 1.165) is 45.6 Å². The highest BCUT2D eigenvalue weighted by Gasteiger charge is 2.30. The SMILES string of the molecule is I.NC(=NCCCCN1CCN(c2ccccc2)CC1)Nc1ccc(OC(F)(F)F)cc1. The molecule has 3 rings (SSSR count). The molecule has 32 heavy (non-hydrogen) atoms. The van der Waals surface area contributed by atoms with Gasteiger partial charge in [0.2, 0.25) is 0 Å². The summed E-state index contributed by atoms with van der Waals surface area (Å²) in [6.07, 6.45) is -2.75. The lowest BCUT2D eigenvalue weighted by atomic mass is 10.2. The Kier molecular flexibility index (Phi) is 10.4. The molecule has 0 atom stereocenters. The molecule has 2 aromatic carbocycles. The summed E-state index contributed by atoms with van der Waals surface area (Å²) in [5, 5.41) is 2.87. The molecule has 10 heteroatoms. The molecule has 0 bridgehead atoms. The first-order valence-electron chi connectivity index (χ1n) is 10.3. The Morgan fingerprint density at radius 2 is 1.62 bits per heavy atom. The molecule has 0 unspecified atom stereocenters. The molecular formula is C22H29F3IN5O. The Labute approximate surface area is 203 Å². The van der Waals surface area contributed by atoms with Crippen molar-refractivity contribution in [2.45, 2.75) is 19.2 Å². The molecule has 2 aromatic rings. The largest absolute Gasteiger partial charge is 0.573 e. The maximum atomic E-state index is 12.2. The minimum Gasteiger partial charge on any atom is -0.406 e. The van der Waals surface area contributed by atoms with Gasteiger partial charge in [0.05, 0.1) is 0 Å². The van der Waals surface area contributed by atoms with Gasteiger partial charge >= 0.3 is 6.36 Å². The second-order valence-electron chi connectivity index (χ2n) is 7.34. The van der Waals surface area contributed by atoms with E-state index in [1.165, 1.54) is 30.0 Å². The first-order chi connectivity index (χ1) is 14.9. The molecule has 0 aliphatic carbocycles. The highest BCUT2D eigenvalue weighted by atomic mass is 127. The van der Waals surface area contributed by atoms with Gasteiger partial charge in [0.25, 0.3) is 0 Å². The third-order valence-electron chi connectivity index (χ3n) is 5.02. The molecule has 1 aliphatic heterocycles. The Morgan fingerprint density at radius 3 is 2.25 bits per heavy atom. The van der Waals surface area contributed by atoms with Crippen molar-refractivity contribution in [2.75, 3.05) is 49.5 Å². The molecule has 3 N–H and O–H groups in total. The summed E-state index contributed by atoms with van der Waals surface area (Å²) in [4.78, 5) is 9.16. The standard InChI is InChI=1S/C22H28F3N5O.HI/c23-22(24,25)31-20-10-8-18(9-11-20)28-21(26)27-12-4-5-13-29-14-16-30(17-15-29)19-6-2-1-3-7-19;/h1-3,6-11H,4-5,12-17H2,(H3,26,27,28);1H. The summed E-state index contributed by atoms with van der Waals surface area (Å²) in [7, 11) is 0. The zero-order chi connectivity index (χ0) is 22.1. The summed E-state index contributed by atoms with van der Waals surface area (Å²) in [5.41, 5.74) is 7.68. The first kappa shape index (κ1) is 26.0. The van der Waals surface area contributed by atoms with Crippen molar-refractivity contribution in [1.29, 1.82) is 0 Å². The van der Waals surface area contributed by atoms with Crippen LogP contribution in [-0.2, 0) is 0 Å². The number of nitrogens with zero attached hydrogens (tertiary/aromatic N) is 3. The van der Waals surface area contributed by atoms with Crippen LogP contribution in [0.4, 0.5) is 24.5 Å². The predicted octanol–water partition coefficient (Wildman–Crippen LogP) is 4.53. The topological polar surface area (TPSA) is 66.1 Å². The van der Waals surface area contributed by atoms with Gasteiger partial charge in [0, 0.05) is 44.1 Å². The van der Waals surface area contributed by atoms with Gasteiger partial charge in [0.1, 0.15) is 5.75 Å². The van der Waals surface area contributed by atoms with E-state index in [1.54, 1.807) is 0 Å². The summed E-state index contributed by atoms with van der Waals surface area (Å²) in [5.74, 6) is -0.0425. The van der Waals surface area contributed by atoms with Crippen molar-refractivity contribution in [2.24, 2.45) is 10.7 Å². The maximum Gasteiger partial charge on any atom is 0.573 e. The average Bonchev–Trinajstić information content (AvgIpc) is 2.75. The number of rotatable bonds is 8. The third kappa shape index (κ3) is 9.11. The normalized spacial score (nSPS) is 15.2. The number of piperazine rings is 1. The summed E-state index contributed by atoms with van der Waals surface area (Å²) in [6, 6.07) is 15.8. The minimum absolute atomic E-state index is 0. The van der Waals surface area contributed by atoms with Gasteiger partial charge in [-0.3, -0.25) is 9.89 Å². The van der Waals surface area contributed by atoms with Gasteiger partial charge in [-0.1, -0.05) is 18.2 Å². The second kappa shape index (κ2) is 12.7. The zero-order valence-corrected chi connectivity index (χ0v) is 20.1. The van der Waals surface area contributed by atoms with E-state index >= 15 is 0 Å². The number of benzene rings is 2. The fourth-order valence-electron chi connectivity index (χ4n) is 3.44. The predicted molar refractivity (Wildman–Crippen MR) is 133 cm³/mol. The smallest absolute Gasteiger partial charge is 0.406 e. The lowest BCUT2D eigenvalue weighted by Crippen LogP contribution is -2.46. The van der Waals surface area contributed by atoms with Crippen molar-refractivity contribution in [1.82, 2.24) is 4.90 Å². The van der Waals surface area contributed by atoms with E-state index in [9.17, 15) is 13.2 Å². The van der Waals surface area contributed by atoms with Crippen LogP contribution >= 0.6 is 24.0 Å². The van der Waals surface area contributed by atoms with Crippen LogP contribution in [0.2, 0.25) is 0 Å². The van der Waals surface area contributed by atoms with E-state index in [0.29, 0.717) is 12.2 Å². The zero-order valence-electron chi connectivity index (χ0n) is 17.7. The van der Waals surface area contributed by atoms with Gasteiger partial charge in [-0.25, -0.2) is 0 Å². The lowest BCUT2D eigenvalue weighted by Gasteiger charge is -2.36. The molecule has 1 heterocycles. The monoisotopic (exact) mass is 563 g/mol. The van der Waals surface area contributed by atoms with E-state index in [1.807, 2.05) is 6.07 Å². The van der Waals surface area contributed by atoms with Gasteiger partial charge in [-0.15, -0.1) is 37.1 Å². The molecule has 1 fully saturated rings. The van der Waals surface area contributed by atoms with Crippen molar-refractivity contribution in [3.8, 4) is 5.75 Å². The molecule has 1 aliphatic rings. The van der Waals surface area contributed by atoms with Crippen molar-refractivity contribution >= 4 is 41.3 Å². The molecule has 1 saturated heterocycles. The first-order valence-corrected chi connectivity index (χ1v) is 10.3. The molecule has 0 saturated carbocycles. The molecule has 0 aromatic heterocycles. The molecule has 0 spiro atoms. The highest BCUT2D eigenvalue weighted by molar-refractivity contribution is 14.0. The highest BCUT2D eigenvalue weighted by Crippen LogP contribution is 2.23.